The van der Waals surface area contributed by atoms with Gasteiger partial charge in [-0.2, -0.15) is 0 Å². The van der Waals surface area contributed by atoms with Crippen molar-refractivity contribution in [2.45, 2.75) is 25.7 Å². The van der Waals surface area contributed by atoms with Gasteiger partial charge in [-0.25, -0.2) is 0 Å². The quantitative estimate of drug-likeness (QED) is 0.291. The SMILES string of the molecule is CC1=CC(=O)C2=C(C1=O)[C@@H](c1cc(Br)ccc1O)C1=CC[C@@H]3C(=O)N(c4ccc(Cl)cc4)C(=O)[C@@H]3[C@@H]1C2. The molecule has 0 saturated carbocycles. The van der Waals surface area contributed by atoms with Crippen molar-refractivity contribution in [3.05, 3.63) is 92.0 Å². The van der Waals surface area contributed by atoms with Crippen LogP contribution in [0, 0.1) is 17.8 Å². The summed E-state index contributed by atoms with van der Waals surface area (Å²) in [4.78, 5) is 55.1. The number of phenols is 1. The highest BCUT2D eigenvalue weighted by Crippen LogP contribution is 2.56. The van der Waals surface area contributed by atoms with E-state index >= 15 is 0 Å². The lowest BCUT2D eigenvalue weighted by atomic mass is 9.59. The number of hydrogen-bond acceptors (Lipinski definition) is 5. The van der Waals surface area contributed by atoms with Crippen LogP contribution in [0.2, 0.25) is 5.02 Å². The van der Waals surface area contributed by atoms with E-state index in [9.17, 15) is 24.3 Å². The minimum Gasteiger partial charge on any atom is -0.508 e. The largest absolute Gasteiger partial charge is 0.508 e. The zero-order chi connectivity index (χ0) is 26.2. The van der Waals surface area contributed by atoms with Crippen LogP contribution in [0.25, 0.3) is 0 Å². The summed E-state index contributed by atoms with van der Waals surface area (Å²) in [5.74, 6) is -3.51. The molecule has 1 N–H and O–H groups in total. The van der Waals surface area contributed by atoms with Gasteiger partial charge in [0, 0.05) is 37.7 Å². The second-order valence-corrected chi connectivity index (χ2v) is 11.3. The fourth-order valence-corrected chi connectivity index (χ4v) is 6.82. The van der Waals surface area contributed by atoms with Crippen molar-refractivity contribution in [1.82, 2.24) is 0 Å². The number of carbonyl (C=O) groups excluding carboxylic acids is 4. The van der Waals surface area contributed by atoms with E-state index in [-0.39, 0.29) is 35.6 Å². The monoisotopic (exact) mass is 577 g/mol. The molecular weight excluding hydrogens is 558 g/mol. The maximum Gasteiger partial charge on any atom is 0.238 e. The standard InChI is InChI=1S/C29H21BrClNO5/c1-13-10-23(34)21-12-19-17(24(26(21)27(13)35)20-11-14(30)2-9-22(20)33)7-8-18-25(19)29(37)32(28(18)36)16-5-3-15(31)4-6-16/h2-7,9-11,18-19,24-25,33H,8,12H2,1H3/t18-,19+,24+,25-/m0/s1. The number of halogens is 2. The molecule has 37 heavy (non-hydrogen) atoms. The molecule has 3 aliphatic carbocycles. The molecule has 2 aromatic carbocycles. The fourth-order valence-electron chi connectivity index (χ4n) is 6.32. The van der Waals surface area contributed by atoms with Crippen LogP contribution in [-0.2, 0) is 19.2 Å². The van der Waals surface area contributed by atoms with Crippen LogP contribution >= 0.6 is 27.5 Å². The van der Waals surface area contributed by atoms with Gasteiger partial charge in [0.15, 0.2) is 11.6 Å². The summed E-state index contributed by atoms with van der Waals surface area (Å²) >= 11 is 9.47. The highest BCUT2D eigenvalue weighted by Gasteiger charge is 2.56. The van der Waals surface area contributed by atoms with Crippen molar-refractivity contribution in [2.75, 3.05) is 4.90 Å². The third kappa shape index (κ3) is 3.59. The summed E-state index contributed by atoms with van der Waals surface area (Å²) in [5, 5.41) is 11.4. The van der Waals surface area contributed by atoms with Crippen molar-refractivity contribution in [3.8, 4) is 5.75 Å². The van der Waals surface area contributed by atoms with Crippen LogP contribution in [0.3, 0.4) is 0 Å². The second-order valence-electron chi connectivity index (χ2n) is 9.92. The average molecular weight is 579 g/mol. The third-order valence-corrected chi connectivity index (χ3v) is 8.70. The number of aromatic hydroxyl groups is 1. The summed E-state index contributed by atoms with van der Waals surface area (Å²) in [5.41, 5.74) is 2.78. The topological polar surface area (TPSA) is 91.8 Å². The normalized spacial score (nSPS) is 27.1. The number of ketones is 2. The van der Waals surface area contributed by atoms with Gasteiger partial charge in [0.25, 0.3) is 0 Å². The lowest BCUT2D eigenvalue weighted by Gasteiger charge is -2.42. The van der Waals surface area contributed by atoms with E-state index in [0.29, 0.717) is 43.9 Å². The predicted octanol–water partition coefficient (Wildman–Crippen LogP) is 5.44. The van der Waals surface area contributed by atoms with E-state index in [1.54, 1.807) is 49.4 Å². The van der Waals surface area contributed by atoms with E-state index in [0.717, 1.165) is 5.57 Å². The van der Waals surface area contributed by atoms with Gasteiger partial charge < -0.3 is 5.11 Å². The molecule has 4 aliphatic rings. The molecule has 8 heteroatoms. The van der Waals surface area contributed by atoms with Crippen LogP contribution in [0.1, 0.15) is 31.2 Å². The van der Waals surface area contributed by atoms with Gasteiger partial charge in [0.2, 0.25) is 11.8 Å². The maximum absolute atomic E-state index is 13.8. The first-order chi connectivity index (χ1) is 17.7. The highest BCUT2D eigenvalue weighted by atomic mass is 79.9. The molecule has 6 rings (SSSR count). The molecule has 1 heterocycles. The molecule has 1 aliphatic heterocycles. The second kappa shape index (κ2) is 8.64. The molecule has 2 amide bonds. The number of hydrogen-bond donors (Lipinski definition) is 1. The van der Waals surface area contributed by atoms with Gasteiger partial charge in [0.1, 0.15) is 5.75 Å². The molecule has 2 aromatic rings. The minimum atomic E-state index is -0.695. The Kier molecular flexibility index (Phi) is 5.62. The summed E-state index contributed by atoms with van der Waals surface area (Å²) in [6, 6.07) is 11.5. The molecule has 186 valence electrons. The Hall–Kier alpha value is -3.29. The first kappa shape index (κ1) is 24.1. The number of imide groups is 1. The Morgan fingerprint density at radius 2 is 1.73 bits per heavy atom. The van der Waals surface area contributed by atoms with E-state index in [2.05, 4.69) is 15.9 Å². The Balaban J connectivity index is 1.50. The smallest absolute Gasteiger partial charge is 0.238 e. The molecule has 0 bridgehead atoms. The zero-order valence-corrected chi connectivity index (χ0v) is 22.0. The van der Waals surface area contributed by atoms with Crippen LogP contribution in [-0.4, -0.2) is 28.5 Å². The molecule has 0 aromatic heterocycles. The zero-order valence-electron chi connectivity index (χ0n) is 19.7. The fraction of sp³-hybridized carbons (Fsp3) is 0.241. The number of fused-ring (bicyclic) bond motifs is 3. The van der Waals surface area contributed by atoms with Crippen molar-refractivity contribution >= 4 is 56.6 Å². The average Bonchev–Trinajstić information content (AvgIpc) is 3.13. The predicted molar refractivity (Wildman–Crippen MR) is 141 cm³/mol. The molecule has 0 radical (unpaired) electrons. The van der Waals surface area contributed by atoms with E-state index in [1.807, 2.05) is 6.08 Å². The lowest BCUT2D eigenvalue weighted by molar-refractivity contribution is -0.123. The van der Waals surface area contributed by atoms with E-state index in [4.69, 9.17) is 11.6 Å². The number of phenolic OH excluding ortho intramolecular Hbond substituents is 1. The van der Waals surface area contributed by atoms with Gasteiger partial charge in [0.05, 0.1) is 17.5 Å². The van der Waals surface area contributed by atoms with Gasteiger partial charge >= 0.3 is 0 Å². The first-order valence-electron chi connectivity index (χ1n) is 12.0. The van der Waals surface area contributed by atoms with Gasteiger partial charge in [-0.3, -0.25) is 24.1 Å². The van der Waals surface area contributed by atoms with Crippen molar-refractivity contribution in [1.29, 1.82) is 0 Å². The summed E-state index contributed by atoms with van der Waals surface area (Å²) in [6.07, 6.45) is 3.80. The minimum absolute atomic E-state index is 0.00667. The van der Waals surface area contributed by atoms with Crippen molar-refractivity contribution in [3.63, 3.8) is 0 Å². The number of nitrogens with zero attached hydrogens (tertiary/aromatic N) is 1. The van der Waals surface area contributed by atoms with Crippen molar-refractivity contribution < 1.29 is 24.3 Å². The highest BCUT2D eigenvalue weighted by molar-refractivity contribution is 9.10. The Bertz CT molecular complexity index is 1520. The summed E-state index contributed by atoms with van der Waals surface area (Å²) in [6.45, 7) is 1.61. The van der Waals surface area contributed by atoms with Crippen LogP contribution in [0.5, 0.6) is 5.75 Å². The Morgan fingerprint density at radius 3 is 2.46 bits per heavy atom. The van der Waals surface area contributed by atoms with Crippen LogP contribution in [0.15, 0.2) is 81.4 Å². The van der Waals surface area contributed by atoms with Crippen LogP contribution < -0.4 is 4.90 Å². The first-order valence-corrected chi connectivity index (χ1v) is 13.2. The van der Waals surface area contributed by atoms with Crippen LogP contribution in [0.4, 0.5) is 5.69 Å². The molecule has 0 spiro atoms. The number of amides is 2. The molecule has 6 nitrogen and oxygen atoms in total. The number of benzene rings is 2. The van der Waals surface area contributed by atoms with E-state index in [1.165, 1.54) is 11.0 Å². The van der Waals surface area contributed by atoms with Crippen molar-refractivity contribution in [2.24, 2.45) is 17.8 Å². The maximum atomic E-state index is 13.8. The van der Waals surface area contributed by atoms with E-state index < -0.39 is 23.7 Å². The number of allylic oxidation sites excluding steroid dienone is 6. The molecular formula is C29H21BrClNO5. The lowest BCUT2D eigenvalue weighted by Crippen LogP contribution is -2.39. The molecule has 1 fully saturated rings. The summed E-state index contributed by atoms with van der Waals surface area (Å²) < 4.78 is 0.710. The Morgan fingerprint density at radius 1 is 1.00 bits per heavy atom. The number of Topliss-reactive ketones (excluding diaryl/α,β-unsaturated/α-hetero) is 1. The number of rotatable bonds is 2. The molecule has 4 atom stereocenters. The Labute approximate surface area is 226 Å². The number of carbonyl (C=O) groups is 4. The number of anilines is 1. The van der Waals surface area contributed by atoms with Gasteiger partial charge in [-0.05, 0) is 74.2 Å². The van der Waals surface area contributed by atoms with Gasteiger partial charge in [-0.1, -0.05) is 39.2 Å². The molecule has 1 saturated heterocycles. The molecule has 0 unspecified atom stereocenters. The van der Waals surface area contributed by atoms with Gasteiger partial charge in [-0.15, -0.1) is 0 Å². The third-order valence-electron chi connectivity index (χ3n) is 7.95. The summed E-state index contributed by atoms with van der Waals surface area (Å²) in [7, 11) is 0.